The molecule has 8 heteroatoms. The topological polar surface area (TPSA) is 70.6 Å². The van der Waals surface area contributed by atoms with Crippen molar-refractivity contribution in [3.63, 3.8) is 0 Å². The summed E-state index contributed by atoms with van der Waals surface area (Å²) in [5, 5.41) is 4.77. The van der Waals surface area contributed by atoms with Gasteiger partial charge in [-0.15, -0.1) is 0 Å². The molecule has 2 heterocycles. The van der Waals surface area contributed by atoms with Crippen LogP contribution >= 0.6 is 0 Å². The van der Waals surface area contributed by atoms with E-state index in [4.69, 9.17) is 10.8 Å². The lowest BCUT2D eigenvalue weighted by molar-refractivity contribution is 0.0984. The molecule has 1 saturated heterocycles. The van der Waals surface area contributed by atoms with Crippen LogP contribution in [0.15, 0.2) is 48.5 Å². The van der Waals surface area contributed by atoms with Crippen LogP contribution < -0.4 is 15.5 Å². The zero-order chi connectivity index (χ0) is 25.8. The number of halogens is 1. The summed E-state index contributed by atoms with van der Waals surface area (Å²) in [4.78, 5) is 20.4. The summed E-state index contributed by atoms with van der Waals surface area (Å²) in [5.74, 6) is 0.756. The predicted octanol–water partition coefficient (Wildman–Crippen LogP) is 4.27. The van der Waals surface area contributed by atoms with Crippen LogP contribution in [0.5, 0.6) is 0 Å². The molecule has 1 amide bonds. The third kappa shape index (κ3) is 5.80. The Labute approximate surface area is 218 Å². The highest BCUT2D eigenvalue weighted by Gasteiger charge is 2.28. The van der Waals surface area contributed by atoms with Crippen molar-refractivity contribution in [2.75, 3.05) is 54.8 Å². The van der Waals surface area contributed by atoms with E-state index < -0.39 is 0 Å². The van der Waals surface area contributed by atoms with Gasteiger partial charge in [-0.25, -0.2) is 4.39 Å². The van der Waals surface area contributed by atoms with Crippen molar-refractivity contribution in [2.24, 2.45) is 7.05 Å². The second-order valence-corrected chi connectivity index (χ2v) is 10.2. The minimum Gasteiger partial charge on any atom is -0.399 e. The lowest BCUT2D eigenvalue weighted by atomic mass is 9.97. The lowest BCUT2D eigenvalue weighted by Crippen LogP contribution is -2.46. The van der Waals surface area contributed by atoms with E-state index in [0.717, 1.165) is 88.4 Å². The maximum Gasteiger partial charge on any atom is 0.259 e. The van der Waals surface area contributed by atoms with E-state index in [2.05, 4.69) is 9.80 Å². The Morgan fingerprint density at radius 2 is 1.68 bits per heavy atom. The number of aromatic nitrogens is 2. The number of benzene rings is 2. The van der Waals surface area contributed by atoms with Crippen LogP contribution in [0.2, 0.25) is 0 Å². The third-order valence-electron chi connectivity index (χ3n) is 7.61. The first-order valence-electron chi connectivity index (χ1n) is 13.4. The molecule has 1 aliphatic carbocycles. The molecule has 1 fully saturated rings. The van der Waals surface area contributed by atoms with Gasteiger partial charge < -0.3 is 10.6 Å². The van der Waals surface area contributed by atoms with Crippen molar-refractivity contribution >= 4 is 23.1 Å². The van der Waals surface area contributed by atoms with Crippen LogP contribution in [0.4, 0.5) is 21.6 Å². The average molecular weight is 505 g/mol. The molecular formula is C29H37FN6O. The van der Waals surface area contributed by atoms with Crippen molar-refractivity contribution in [3.8, 4) is 0 Å². The number of carbonyl (C=O) groups is 1. The quantitative estimate of drug-likeness (QED) is 0.367. The first-order chi connectivity index (χ1) is 18.0. The molecule has 0 saturated carbocycles. The largest absolute Gasteiger partial charge is 0.399 e. The molecular weight excluding hydrogens is 467 g/mol. The van der Waals surface area contributed by atoms with Crippen LogP contribution in [0, 0.1) is 5.82 Å². The fraction of sp³-hybridized carbons (Fsp3) is 0.448. The van der Waals surface area contributed by atoms with Crippen LogP contribution in [0.1, 0.15) is 47.3 Å². The van der Waals surface area contributed by atoms with E-state index in [0.29, 0.717) is 17.8 Å². The first-order valence-corrected chi connectivity index (χ1v) is 13.4. The molecule has 0 unspecified atom stereocenters. The molecule has 1 aromatic heterocycles. The number of nitrogen functional groups attached to an aromatic ring is 1. The van der Waals surface area contributed by atoms with E-state index in [9.17, 15) is 9.18 Å². The van der Waals surface area contributed by atoms with Gasteiger partial charge in [-0.05, 0) is 93.6 Å². The third-order valence-corrected chi connectivity index (χ3v) is 7.61. The molecule has 0 spiro atoms. The van der Waals surface area contributed by atoms with Gasteiger partial charge in [0.25, 0.3) is 5.91 Å². The highest BCUT2D eigenvalue weighted by molar-refractivity contribution is 6.06. The molecule has 0 radical (unpaired) electrons. The fourth-order valence-corrected chi connectivity index (χ4v) is 5.57. The summed E-state index contributed by atoms with van der Waals surface area (Å²) in [7, 11) is 1.96. The van der Waals surface area contributed by atoms with E-state index in [1.807, 2.05) is 40.9 Å². The molecule has 7 nitrogen and oxygen atoms in total. The van der Waals surface area contributed by atoms with Crippen molar-refractivity contribution < 1.29 is 9.18 Å². The maximum atomic E-state index is 13.7. The Hall–Kier alpha value is -3.39. The minimum absolute atomic E-state index is 0.00397. The zero-order valence-corrected chi connectivity index (χ0v) is 21.7. The Bertz CT molecular complexity index is 1200. The first kappa shape index (κ1) is 25.3. The van der Waals surface area contributed by atoms with Crippen molar-refractivity contribution in [2.45, 2.75) is 38.5 Å². The van der Waals surface area contributed by atoms with Crippen LogP contribution in [-0.2, 0) is 19.9 Å². The summed E-state index contributed by atoms with van der Waals surface area (Å²) in [5.41, 5.74) is 10.6. The molecule has 5 rings (SSSR count). The molecule has 0 atom stereocenters. The van der Waals surface area contributed by atoms with E-state index >= 15 is 0 Å². The van der Waals surface area contributed by atoms with Gasteiger partial charge in [0.2, 0.25) is 0 Å². The lowest BCUT2D eigenvalue weighted by Gasteiger charge is -2.36. The molecule has 196 valence electrons. The number of nitrogens with two attached hydrogens (primary N) is 1. The summed E-state index contributed by atoms with van der Waals surface area (Å²) in [6.07, 6.45) is 6.18. The number of amides is 1. The van der Waals surface area contributed by atoms with Gasteiger partial charge in [0.15, 0.2) is 0 Å². The molecule has 0 bridgehead atoms. The zero-order valence-electron chi connectivity index (χ0n) is 21.7. The summed E-state index contributed by atoms with van der Waals surface area (Å²) < 4.78 is 15.1. The van der Waals surface area contributed by atoms with Crippen LogP contribution in [0.25, 0.3) is 0 Å². The molecule has 2 aliphatic rings. The monoisotopic (exact) mass is 504 g/mol. The standard InChI is InChI=1S/C29H37FN6O/c1-33-28(26-6-2-3-7-27(26)32-33)36(29(37)22-8-12-24(31)13-9-22)17-5-4-16-34-18-20-35(21-19-34)25-14-10-23(30)11-15-25/h8-15H,2-7,16-21,31H2,1H3. The van der Waals surface area contributed by atoms with Gasteiger partial charge >= 0.3 is 0 Å². The number of hydrogen-bond acceptors (Lipinski definition) is 5. The number of aryl methyl sites for hydroxylation is 2. The number of carbonyl (C=O) groups excluding carboxylic acids is 1. The van der Waals surface area contributed by atoms with Gasteiger partial charge in [0, 0.05) is 62.3 Å². The van der Waals surface area contributed by atoms with Gasteiger partial charge in [-0.1, -0.05) is 0 Å². The van der Waals surface area contributed by atoms with Crippen LogP contribution in [-0.4, -0.2) is 59.9 Å². The number of rotatable bonds is 8. The van der Waals surface area contributed by atoms with E-state index in [1.165, 1.54) is 17.7 Å². The second-order valence-electron chi connectivity index (χ2n) is 10.2. The number of unbranched alkanes of at least 4 members (excludes halogenated alkanes) is 1. The fourth-order valence-electron chi connectivity index (χ4n) is 5.57. The SMILES string of the molecule is Cn1nc2c(c1N(CCCCN1CCN(c3ccc(F)cc3)CC1)C(=O)c1ccc(N)cc1)CCCC2. The van der Waals surface area contributed by atoms with Crippen molar-refractivity contribution in [3.05, 3.63) is 71.2 Å². The van der Waals surface area contributed by atoms with Gasteiger partial charge in [-0.3, -0.25) is 19.3 Å². The summed E-state index contributed by atoms with van der Waals surface area (Å²) in [6, 6.07) is 14.0. The molecule has 3 aromatic rings. The molecule has 1 aliphatic heterocycles. The highest BCUT2D eigenvalue weighted by Crippen LogP contribution is 2.31. The molecule has 37 heavy (non-hydrogen) atoms. The highest BCUT2D eigenvalue weighted by atomic mass is 19.1. The Kier molecular flexibility index (Phi) is 7.74. The molecule has 2 aromatic carbocycles. The normalized spacial score (nSPS) is 16.0. The van der Waals surface area contributed by atoms with E-state index in [-0.39, 0.29) is 11.7 Å². The van der Waals surface area contributed by atoms with Gasteiger partial charge in [0.05, 0.1) is 5.69 Å². The number of anilines is 3. The maximum absolute atomic E-state index is 13.7. The van der Waals surface area contributed by atoms with Gasteiger partial charge in [0.1, 0.15) is 11.6 Å². The number of piperazine rings is 1. The van der Waals surface area contributed by atoms with E-state index in [1.54, 1.807) is 12.1 Å². The predicted molar refractivity (Wildman–Crippen MR) is 147 cm³/mol. The Morgan fingerprint density at radius 3 is 2.41 bits per heavy atom. The Morgan fingerprint density at radius 1 is 0.973 bits per heavy atom. The number of fused-ring (bicyclic) bond motifs is 1. The average Bonchev–Trinajstić information content (AvgIpc) is 3.25. The Balaban J connectivity index is 1.21. The second kappa shape index (κ2) is 11.3. The summed E-state index contributed by atoms with van der Waals surface area (Å²) in [6.45, 7) is 5.51. The van der Waals surface area contributed by atoms with Crippen molar-refractivity contribution in [1.82, 2.24) is 14.7 Å². The minimum atomic E-state index is -0.196. The van der Waals surface area contributed by atoms with Crippen LogP contribution in [0.3, 0.4) is 0 Å². The number of hydrogen-bond donors (Lipinski definition) is 1. The number of nitrogens with zero attached hydrogens (tertiary/aromatic N) is 5. The smallest absolute Gasteiger partial charge is 0.259 e. The molecule has 2 N–H and O–H groups in total. The van der Waals surface area contributed by atoms with Gasteiger partial charge in [-0.2, -0.15) is 5.10 Å². The van der Waals surface area contributed by atoms with Crippen molar-refractivity contribution in [1.29, 1.82) is 0 Å². The summed E-state index contributed by atoms with van der Waals surface area (Å²) >= 11 is 0.